The van der Waals surface area contributed by atoms with Crippen molar-refractivity contribution in [1.29, 1.82) is 0 Å². The second kappa shape index (κ2) is 8.29. The molecular formula is C23H27N5O4. The lowest BCUT2D eigenvalue weighted by Crippen LogP contribution is -2.66. The fourth-order valence-corrected chi connectivity index (χ4v) is 4.93. The molecule has 0 atom stereocenters. The summed E-state index contributed by atoms with van der Waals surface area (Å²) in [6, 6.07) is 11.4. The number of carboxylic acids is 1. The lowest BCUT2D eigenvalue weighted by molar-refractivity contribution is -0.0601. The first-order valence-electron chi connectivity index (χ1n) is 11.1. The molecule has 3 fully saturated rings. The molecule has 2 N–H and O–H groups in total. The second-order valence-electron chi connectivity index (χ2n) is 9.08. The first-order valence-corrected chi connectivity index (χ1v) is 11.1. The van der Waals surface area contributed by atoms with E-state index in [2.05, 4.69) is 15.3 Å². The summed E-state index contributed by atoms with van der Waals surface area (Å²) >= 11 is 0. The van der Waals surface area contributed by atoms with Gasteiger partial charge in [0.2, 0.25) is 5.95 Å². The maximum Gasteiger partial charge on any atom is 0.410 e. The van der Waals surface area contributed by atoms with E-state index in [1.165, 1.54) is 6.07 Å². The molecule has 1 amide bonds. The lowest BCUT2D eigenvalue weighted by atomic mass is 9.61. The van der Waals surface area contributed by atoms with Crippen molar-refractivity contribution in [2.45, 2.75) is 38.3 Å². The minimum atomic E-state index is -1.05. The average Bonchev–Trinajstić information content (AvgIpc) is 3.28. The standard InChI is InChI=1S/C23H27N5O4/c29-20(30)18-10-19(26-21(25-18)27-8-4-5-9-27)24-17-11-23(12-17)14-28(15-23)22(31)32-13-16-6-2-1-3-7-16/h1-3,6-7,10,17H,4-5,8-9,11-15H2,(H,29,30)(H,24,25,26). The van der Waals surface area contributed by atoms with Gasteiger partial charge in [0.05, 0.1) is 0 Å². The van der Waals surface area contributed by atoms with Gasteiger partial charge in [-0.3, -0.25) is 0 Å². The molecule has 1 aliphatic carbocycles. The van der Waals surface area contributed by atoms with Crippen molar-refractivity contribution in [3.05, 3.63) is 47.7 Å². The number of likely N-dealkylation sites (tertiary alicyclic amines) is 1. The summed E-state index contributed by atoms with van der Waals surface area (Å²) in [6.45, 7) is 3.38. The number of carbonyl (C=O) groups is 2. The number of nitrogens with one attached hydrogen (secondary N) is 1. The third-order valence-corrected chi connectivity index (χ3v) is 6.55. The number of aromatic nitrogens is 2. The number of hydrogen-bond donors (Lipinski definition) is 2. The van der Waals surface area contributed by atoms with Crippen LogP contribution in [0.1, 0.15) is 41.7 Å². The summed E-state index contributed by atoms with van der Waals surface area (Å²) in [5, 5.41) is 12.8. The molecule has 3 heterocycles. The normalized spacial score (nSPS) is 19.4. The predicted molar refractivity (Wildman–Crippen MR) is 118 cm³/mol. The summed E-state index contributed by atoms with van der Waals surface area (Å²) in [5.74, 6) is -0.0165. The molecular weight excluding hydrogens is 410 g/mol. The molecule has 2 aliphatic heterocycles. The molecule has 2 aromatic rings. The van der Waals surface area contributed by atoms with Crippen molar-refractivity contribution in [1.82, 2.24) is 14.9 Å². The average molecular weight is 438 g/mol. The van der Waals surface area contributed by atoms with Crippen LogP contribution in [0.2, 0.25) is 0 Å². The van der Waals surface area contributed by atoms with Gasteiger partial charge in [-0.1, -0.05) is 30.3 Å². The van der Waals surface area contributed by atoms with Crippen molar-refractivity contribution in [3.63, 3.8) is 0 Å². The van der Waals surface area contributed by atoms with Gasteiger partial charge in [0.15, 0.2) is 5.69 Å². The van der Waals surface area contributed by atoms with Gasteiger partial charge in [-0.2, -0.15) is 4.98 Å². The highest BCUT2D eigenvalue weighted by atomic mass is 16.6. The highest BCUT2D eigenvalue weighted by Crippen LogP contribution is 2.49. The minimum absolute atomic E-state index is 0.00872. The molecule has 1 aromatic carbocycles. The number of aromatic carboxylic acids is 1. The van der Waals surface area contributed by atoms with Crippen LogP contribution in [0.4, 0.5) is 16.6 Å². The topological polar surface area (TPSA) is 108 Å². The van der Waals surface area contributed by atoms with Gasteiger partial charge < -0.3 is 25.0 Å². The number of anilines is 2. The largest absolute Gasteiger partial charge is 0.477 e. The Morgan fingerprint density at radius 2 is 1.84 bits per heavy atom. The third kappa shape index (κ3) is 4.19. The quantitative estimate of drug-likeness (QED) is 0.710. The minimum Gasteiger partial charge on any atom is -0.477 e. The first kappa shape index (κ1) is 20.5. The van der Waals surface area contributed by atoms with E-state index >= 15 is 0 Å². The highest BCUT2D eigenvalue weighted by molar-refractivity contribution is 5.86. The molecule has 1 saturated carbocycles. The Labute approximate surface area is 186 Å². The van der Waals surface area contributed by atoms with E-state index in [1.54, 1.807) is 4.90 Å². The number of rotatable bonds is 6. The van der Waals surface area contributed by atoms with Crippen LogP contribution in [0, 0.1) is 5.41 Å². The fourth-order valence-electron chi connectivity index (χ4n) is 4.93. The van der Waals surface area contributed by atoms with Crippen LogP contribution in [0.5, 0.6) is 0 Å². The molecule has 32 heavy (non-hydrogen) atoms. The van der Waals surface area contributed by atoms with E-state index in [9.17, 15) is 14.7 Å². The van der Waals surface area contributed by atoms with Crippen LogP contribution in [0.25, 0.3) is 0 Å². The summed E-state index contributed by atoms with van der Waals surface area (Å²) < 4.78 is 5.41. The summed E-state index contributed by atoms with van der Waals surface area (Å²) in [7, 11) is 0. The van der Waals surface area contributed by atoms with Crippen LogP contribution in [0.15, 0.2) is 36.4 Å². The molecule has 1 aromatic heterocycles. The molecule has 5 rings (SSSR count). The number of nitrogens with zero attached hydrogens (tertiary/aromatic N) is 4. The zero-order valence-corrected chi connectivity index (χ0v) is 17.9. The smallest absolute Gasteiger partial charge is 0.410 e. The third-order valence-electron chi connectivity index (χ3n) is 6.55. The maximum atomic E-state index is 12.3. The van der Waals surface area contributed by atoms with Gasteiger partial charge in [0.25, 0.3) is 0 Å². The van der Waals surface area contributed by atoms with E-state index in [-0.39, 0.29) is 29.9 Å². The van der Waals surface area contributed by atoms with Crippen molar-refractivity contribution in [2.24, 2.45) is 5.41 Å². The fraction of sp³-hybridized carbons (Fsp3) is 0.478. The van der Waals surface area contributed by atoms with Crippen molar-refractivity contribution in [2.75, 3.05) is 36.4 Å². The number of ether oxygens (including phenoxy) is 1. The Morgan fingerprint density at radius 1 is 1.12 bits per heavy atom. The van der Waals surface area contributed by atoms with Crippen LogP contribution >= 0.6 is 0 Å². The maximum absolute atomic E-state index is 12.3. The number of amides is 1. The Hall–Kier alpha value is -3.36. The lowest BCUT2D eigenvalue weighted by Gasteiger charge is -2.58. The van der Waals surface area contributed by atoms with E-state index in [0.717, 1.165) is 44.3 Å². The summed E-state index contributed by atoms with van der Waals surface area (Å²) in [5.41, 5.74) is 1.11. The Balaban J connectivity index is 1.12. The Morgan fingerprint density at radius 3 is 2.53 bits per heavy atom. The van der Waals surface area contributed by atoms with Crippen LogP contribution in [-0.2, 0) is 11.3 Å². The molecule has 3 aliphatic rings. The molecule has 1 spiro atoms. The van der Waals surface area contributed by atoms with Gasteiger partial charge in [0, 0.05) is 43.7 Å². The van der Waals surface area contributed by atoms with Gasteiger partial charge in [-0.05, 0) is 31.2 Å². The molecule has 0 radical (unpaired) electrons. The van der Waals surface area contributed by atoms with Crippen molar-refractivity contribution < 1.29 is 19.4 Å². The monoisotopic (exact) mass is 437 g/mol. The van der Waals surface area contributed by atoms with Crippen LogP contribution < -0.4 is 10.2 Å². The van der Waals surface area contributed by atoms with E-state index in [4.69, 9.17) is 4.74 Å². The van der Waals surface area contributed by atoms with Gasteiger partial charge in [-0.15, -0.1) is 0 Å². The number of hydrogen-bond acceptors (Lipinski definition) is 7. The molecule has 168 valence electrons. The van der Waals surface area contributed by atoms with E-state index in [1.807, 2.05) is 35.2 Å². The predicted octanol–water partition coefficient (Wildman–Crippen LogP) is 2.99. The van der Waals surface area contributed by atoms with Crippen LogP contribution in [0.3, 0.4) is 0 Å². The number of carbonyl (C=O) groups excluding carboxylic acids is 1. The summed E-state index contributed by atoms with van der Waals surface area (Å²) in [6.07, 6.45) is 3.70. The molecule has 9 heteroatoms. The highest BCUT2D eigenvalue weighted by Gasteiger charge is 2.54. The zero-order valence-electron chi connectivity index (χ0n) is 17.9. The van der Waals surface area contributed by atoms with Crippen molar-refractivity contribution >= 4 is 23.8 Å². The molecule has 2 saturated heterocycles. The zero-order chi connectivity index (χ0) is 22.1. The van der Waals surface area contributed by atoms with Crippen LogP contribution in [-0.4, -0.2) is 64.3 Å². The molecule has 0 bridgehead atoms. The Kier molecular flexibility index (Phi) is 5.32. The Bertz CT molecular complexity index is 995. The van der Waals surface area contributed by atoms with Gasteiger partial charge in [0.1, 0.15) is 12.4 Å². The second-order valence-corrected chi connectivity index (χ2v) is 9.08. The summed E-state index contributed by atoms with van der Waals surface area (Å²) in [4.78, 5) is 36.3. The number of carboxylic acid groups (broad SMARTS) is 1. The SMILES string of the molecule is O=C(O)c1cc(NC2CC3(C2)CN(C(=O)OCc2ccccc2)C3)nc(N2CCCC2)n1. The van der Waals surface area contributed by atoms with Gasteiger partial charge >= 0.3 is 12.1 Å². The van der Waals surface area contributed by atoms with Gasteiger partial charge in [-0.25, -0.2) is 14.6 Å². The van der Waals surface area contributed by atoms with Crippen molar-refractivity contribution in [3.8, 4) is 0 Å². The molecule has 9 nitrogen and oxygen atoms in total. The number of benzene rings is 1. The molecule has 0 unspecified atom stereocenters. The first-order chi connectivity index (χ1) is 15.5. The van der Waals surface area contributed by atoms with E-state index < -0.39 is 5.97 Å². The van der Waals surface area contributed by atoms with E-state index in [0.29, 0.717) is 24.9 Å².